The lowest BCUT2D eigenvalue weighted by atomic mass is 10.1. The van der Waals surface area contributed by atoms with Crippen molar-refractivity contribution in [1.82, 2.24) is 4.57 Å². The Morgan fingerprint density at radius 2 is 1.68 bits per heavy atom. The number of nitriles is 1. The van der Waals surface area contributed by atoms with E-state index in [2.05, 4.69) is 0 Å². The molecule has 1 aromatic heterocycles. The van der Waals surface area contributed by atoms with E-state index in [0.717, 1.165) is 0 Å². The van der Waals surface area contributed by atoms with Gasteiger partial charge in [-0.05, 0) is 24.3 Å². The molecule has 1 aromatic carbocycles. The zero-order chi connectivity index (χ0) is 16.3. The SMILES string of the molecule is COc1ccc(-c2ccc(C#N)c(=O)n2C)c(OC)c1OC. The van der Waals surface area contributed by atoms with Crippen LogP contribution in [0.5, 0.6) is 17.2 Å². The third-order valence-electron chi connectivity index (χ3n) is 3.40. The van der Waals surface area contributed by atoms with E-state index >= 15 is 0 Å². The van der Waals surface area contributed by atoms with Crippen molar-refractivity contribution in [2.75, 3.05) is 21.3 Å². The molecule has 0 N–H and O–H groups in total. The lowest BCUT2D eigenvalue weighted by molar-refractivity contribution is 0.325. The first kappa shape index (κ1) is 15.4. The van der Waals surface area contributed by atoms with E-state index in [-0.39, 0.29) is 11.1 Å². The molecule has 0 unspecified atom stereocenters. The van der Waals surface area contributed by atoms with Crippen molar-refractivity contribution < 1.29 is 14.2 Å². The van der Waals surface area contributed by atoms with Gasteiger partial charge in [-0.1, -0.05) is 0 Å². The number of nitrogens with zero attached hydrogens (tertiary/aromatic N) is 2. The molecular formula is C16H16N2O4. The zero-order valence-electron chi connectivity index (χ0n) is 12.8. The van der Waals surface area contributed by atoms with Crippen LogP contribution in [0.15, 0.2) is 29.1 Å². The molecule has 114 valence electrons. The molecule has 6 heteroatoms. The molecule has 22 heavy (non-hydrogen) atoms. The molecular weight excluding hydrogens is 284 g/mol. The molecule has 0 amide bonds. The summed E-state index contributed by atoms with van der Waals surface area (Å²) < 4.78 is 17.4. The summed E-state index contributed by atoms with van der Waals surface area (Å²) in [5, 5.41) is 8.93. The average molecular weight is 300 g/mol. The van der Waals surface area contributed by atoms with Crippen LogP contribution in [0.4, 0.5) is 0 Å². The number of hydrogen-bond donors (Lipinski definition) is 0. The minimum Gasteiger partial charge on any atom is -0.493 e. The molecule has 0 bridgehead atoms. The van der Waals surface area contributed by atoms with E-state index in [1.165, 1.54) is 32.0 Å². The summed E-state index contributed by atoms with van der Waals surface area (Å²) in [6.45, 7) is 0. The minimum atomic E-state index is -0.364. The molecule has 0 spiro atoms. The van der Waals surface area contributed by atoms with Crippen molar-refractivity contribution in [2.45, 2.75) is 0 Å². The van der Waals surface area contributed by atoms with Crippen molar-refractivity contribution >= 4 is 0 Å². The van der Waals surface area contributed by atoms with Gasteiger partial charge in [0.1, 0.15) is 11.6 Å². The maximum Gasteiger partial charge on any atom is 0.268 e. The molecule has 0 saturated carbocycles. The fraction of sp³-hybridized carbons (Fsp3) is 0.250. The van der Waals surface area contributed by atoms with Gasteiger partial charge in [-0.25, -0.2) is 0 Å². The summed E-state index contributed by atoms with van der Waals surface area (Å²) in [4.78, 5) is 12.1. The first-order chi connectivity index (χ1) is 10.6. The van der Waals surface area contributed by atoms with Crippen LogP contribution in [0.25, 0.3) is 11.3 Å². The predicted molar refractivity (Wildman–Crippen MR) is 81.5 cm³/mol. The summed E-state index contributed by atoms with van der Waals surface area (Å²) in [5.41, 5.74) is 1.01. The quantitative estimate of drug-likeness (QED) is 0.863. The molecule has 0 atom stereocenters. The van der Waals surface area contributed by atoms with Crippen LogP contribution in [-0.2, 0) is 7.05 Å². The highest BCUT2D eigenvalue weighted by atomic mass is 16.5. The van der Waals surface area contributed by atoms with Crippen LogP contribution < -0.4 is 19.8 Å². The van der Waals surface area contributed by atoms with E-state index in [0.29, 0.717) is 28.5 Å². The van der Waals surface area contributed by atoms with Gasteiger partial charge < -0.3 is 18.8 Å². The minimum absolute atomic E-state index is 0.0886. The largest absolute Gasteiger partial charge is 0.493 e. The maximum absolute atomic E-state index is 12.1. The number of aromatic nitrogens is 1. The molecule has 0 aliphatic carbocycles. The average Bonchev–Trinajstić information content (AvgIpc) is 2.55. The first-order valence-electron chi connectivity index (χ1n) is 6.48. The Bertz CT molecular complexity index is 803. The number of benzene rings is 1. The highest BCUT2D eigenvalue weighted by Gasteiger charge is 2.19. The normalized spacial score (nSPS) is 9.95. The Hall–Kier alpha value is -2.94. The number of rotatable bonds is 4. The van der Waals surface area contributed by atoms with E-state index in [1.54, 1.807) is 25.2 Å². The topological polar surface area (TPSA) is 73.5 Å². The molecule has 0 saturated heterocycles. The summed E-state index contributed by atoms with van der Waals surface area (Å²) in [6.07, 6.45) is 0. The lowest BCUT2D eigenvalue weighted by Crippen LogP contribution is -2.20. The van der Waals surface area contributed by atoms with Crippen molar-refractivity contribution in [3.63, 3.8) is 0 Å². The van der Waals surface area contributed by atoms with Crippen molar-refractivity contribution in [3.05, 3.63) is 40.2 Å². The Kier molecular flexibility index (Phi) is 4.37. The number of ether oxygens (including phenoxy) is 3. The van der Waals surface area contributed by atoms with Crippen molar-refractivity contribution in [3.8, 4) is 34.6 Å². The Balaban J connectivity index is 2.77. The second-order valence-electron chi connectivity index (χ2n) is 4.49. The van der Waals surface area contributed by atoms with Crippen LogP contribution in [0, 0.1) is 11.3 Å². The third kappa shape index (κ3) is 2.37. The standard InChI is InChI=1S/C16H16N2O4/c1-18-12(7-5-10(9-17)16(18)19)11-6-8-13(20-2)15(22-4)14(11)21-3/h5-8H,1-4H3. The van der Waals surface area contributed by atoms with Gasteiger partial charge >= 0.3 is 0 Å². The fourth-order valence-electron chi connectivity index (χ4n) is 2.29. The summed E-state index contributed by atoms with van der Waals surface area (Å²) in [6, 6.07) is 8.58. The van der Waals surface area contributed by atoms with Gasteiger partial charge in [0.25, 0.3) is 5.56 Å². The molecule has 0 radical (unpaired) electrons. The second kappa shape index (κ2) is 6.22. The van der Waals surface area contributed by atoms with Crippen LogP contribution in [0.1, 0.15) is 5.56 Å². The molecule has 0 aliphatic rings. The monoisotopic (exact) mass is 300 g/mol. The maximum atomic E-state index is 12.1. The predicted octanol–water partition coefficient (Wildman–Crippen LogP) is 1.95. The molecule has 2 aromatic rings. The van der Waals surface area contributed by atoms with Crippen molar-refractivity contribution in [2.24, 2.45) is 7.05 Å². The second-order valence-corrected chi connectivity index (χ2v) is 4.49. The van der Waals surface area contributed by atoms with Gasteiger partial charge in [0.05, 0.1) is 27.0 Å². The molecule has 0 fully saturated rings. The number of methoxy groups -OCH3 is 3. The summed E-state index contributed by atoms with van der Waals surface area (Å²) in [5.74, 6) is 1.43. The van der Waals surface area contributed by atoms with Crippen LogP contribution in [0.2, 0.25) is 0 Å². The van der Waals surface area contributed by atoms with E-state index < -0.39 is 0 Å². The zero-order valence-corrected chi connectivity index (χ0v) is 12.8. The van der Waals surface area contributed by atoms with Gasteiger partial charge in [-0.15, -0.1) is 0 Å². The summed E-state index contributed by atoms with van der Waals surface area (Å²) >= 11 is 0. The fourth-order valence-corrected chi connectivity index (χ4v) is 2.29. The van der Waals surface area contributed by atoms with E-state index in [9.17, 15) is 4.79 Å². The Morgan fingerprint density at radius 3 is 2.23 bits per heavy atom. The Morgan fingerprint density at radius 1 is 1.00 bits per heavy atom. The van der Waals surface area contributed by atoms with Gasteiger partial charge in [-0.2, -0.15) is 5.26 Å². The third-order valence-corrected chi connectivity index (χ3v) is 3.40. The van der Waals surface area contributed by atoms with Crippen molar-refractivity contribution in [1.29, 1.82) is 5.26 Å². The smallest absolute Gasteiger partial charge is 0.268 e. The molecule has 2 rings (SSSR count). The van der Waals surface area contributed by atoms with Gasteiger partial charge in [-0.3, -0.25) is 4.79 Å². The first-order valence-corrected chi connectivity index (χ1v) is 6.48. The molecule has 1 heterocycles. The molecule has 6 nitrogen and oxygen atoms in total. The van der Waals surface area contributed by atoms with Gasteiger partial charge in [0.15, 0.2) is 11.5 Å². The Labute approximate surface area is 128 Å². The highest BCUT2D eigenvalue weighted by molar-refractivity contribution is 5.74. The van der Waals surface area contributed by atoms with E-state index in [1.807, 2.05) is 6.07 Å². The van der Waals surface area contributed by atoms with Crippen LogP contribution >= 0.6 is 0 Å². The number of hydrogen-bond acceptors (Lipinski definition) is 5. The highest BCUT2D eigenvalue weighted by Crippen LogP contribution is 2.43. The summed E-state index contributed by atoms with van der Waals surface area (Å²) in [7, 11) is 6.17. The molecule has 0 aliphatic heterocycles. The lowest BCUT2D eigenvalue weighted by Gasteiger charge is -2.17. The number of pyridine rings is 1. The van der Waals surface area contributed by atoms with E-state index in [4.69, 9.17) is 19.5 Å². The van der Waals surface area contributed by atoms with Crippen LogP contribution in [0.3, 0.4) is 0 Å². The van der Waals surface area contributed by atoms with Gasteiger partial charge in [0.2, 0.25) is 5.75 Å². The van der Waals surface area contributed by atoms with Gasteiger partial charge in [0, 0.05) is 12.6 Å². The van der Waals surface area contributed by atoms with Crippen LogP contribution in [-0.4, -0.2) is 25.9 Å².